The number of carboxylic acids is 1. The van der Waals surface area contributed by atoms with Crippen molar-refractivity contribution in [2.75, 3.05) is 6.61 Å². The number of carboxylic acid groups (broad SMARTS) is 1. The molecule has 0 spiro atoms. The largest absolute Gasteiger partial charge is 0.507 e. The number of aromatic carboxylic acids is 1. The van der Waals surface area contributed by atoms with Crippen molar-refractivity contribution < 1.29 is 28.5 Å². The van der Waals surface area contributed by atoms with Gasteiger partial charge < -0.3 is 15.3 Å². The van der Waals surface area contributed by atoms with Crippen LogP contribution in [0.15, 0.2) is 23.1 Å². The Bertz CT molecular complexity index is 598. The van der Waals surface area contributed by atoms with E-state index in [1.165, 1.54) is 0 Å². The number of hydrogen-bond donors (Lipinski definition) is 4. The molecule has 0 radical (unpaired) electrons. The number of rotatable bonds is 6. The Morgan fingerprint density at radius 2 is 1.95 bits per heavy atom. The van der Waals surface area contributed by atoms with Crippen molar-refractivity contribution in [2.45, 2.75) is 24.8 Å². The van der Waals surface area contributed by atoms with Gasteiger partial charge in [0.05, 0.1) is 4.90 Å². The fourth-order valence-corrected chi connectivity index (χ4v) is 2.82. The number of nitrogens with one attached hydrogen (secondary N) is 1. The lowest BCUT2D eigenvalue weighted by Crippen LogP contribution is -2.38. The highest BCUT2D eigenvalue weighted by Crippen LogP contribution is 2.21. The standard InChI is InChI=1S/C12H17NO6S/c1-7(6-14)8(2)13-20(18,19)9-3-4-11(15)10(5-9)12(16)17/h3-5,7-8,13-15H,6H2,1-2H3,(H,16,17). The fourth-order valence-electron chi connectivity index (χ4n) is 1.44. The predicted octanol–water partition coefficient (Wildman–Crippen LogP) is 0.386. The van der Waals surface area contributed by atoms with Crippen LogP contribution in [-0.4, -0.2) is 42.4 Å². The first-order valence-electron chi connectivity index (χ1n) is 5.88. The minimum absolute atomic E-state index is 0.181. The fraction of sp³-hybridized carbons (Fsp3) is 0.417. The molecule has 20 heavy (non-hydrogen) atoms. The van der Waals surface area contributed by atoms with Crippen LogP contribution in [0, 0.1) is 5.92 Å². The third-order valence-electron chi connectivity index (χ3n) is 2.99. The monoisotopic (exact) mass is 303 g/mol. The van der Waals surface area contributed by atoms with Crippen molar-refractivity contribution in [1.82, 2.24) is 4.72 Å². The molecule has 2 unspecified atom stereocenters. The van der Waals surface area contributed by atoms with Gasteiger partial charge in [-0.1, -0.05) is 6.92 Å². The van der Waals surface area contributed by atoms with E-state index >= 15 is 0 Å². The average Bonchev–Trinajstić information content (AvgIpc) is 2.36. The molecule has 0 aromatic heterocycles. The quantitative estimate of drug-likeness (QED) is 0.602. The van der Waals surface area contributed by atoms with Crippen LogP contribution in [0.3, 0.4) is 0 Å². The first kappa shape index (κ1) is 16.4. The molecule has 1 aromatic carbocycles. The first-order chi connectivity index (χ1) is 9.19. The van der Waals surface area contributed by atoms with Crippen LogP contribution in [-0.2, 0) is 10.0 Å². The van der Waals surface area contributed by atoms with Gasteiger partial charge in [-0.05, 0) is 31.0 Å². The summed E-state index contributed by atoms with van der Waals surface area (Å²) in [6.45, 7) is 3.09. The summed E-state index contributed by atoms with van der Waals surface area (Å²) >= 11 is 0. The van der Waals surface area contributed by atoms with Crippen LogP contribution in [0.25, 0.3) is 0 Å². The molecule has 112 valence electrons. The Kier molecular flexibility index (Phi) is 5.09. The zero-order chi connectivity index (χ0) is 15.5. The lowest BCUT2D eigenvalue weighted by molar-refractivity contribution is 0.0693. The molecule has 8 heteroatoms. The van der Waals surface area contributed by atoms with Crippen molar-refractivity contribution in [3.8, 4) is 5.75 Å². The van der Waals surface area contributed by atoms with Crippen molar-refractivity contribution in [3.63, 3.8) is 0 Å². The zero-order valence-corrected chi connectivity index (χ0v) is 11.9. The molecule has 4 N–H and O–H groups in total. The highest BCUT2D eigenvalue weighted by Gasteiger charge is 2.22. The summed E-state index contributed by atoms with van der Waals surface area (Å²) < 4.78 is 26.5. The highest BCUT2D eigenvalue weighted by molar-refractivity contribution is 7.89. The van der Waals surface area contributed by atoms with Gasteiger partial charge in [-0.25, -0.2) is 17.9 Å². The van der Waals surface area contributed by atoms with Gasteiger partial charge in [-0.2, -0.15) is 0 Å². The van der Waals surface area contributed by atoms with Crippen LogP contribution in [0.4, 0.5) is 0 Å². The zero-order valence-electron chi connectivity index (χ0n) is 11.1. The van der Waals surface area contributed by atoms with E-state index in [9.17, 15) is 18.3 Å². The van der Waals surface area contributed by atoms with E-state index in [2.05, 4.69) is 4.72 Å². The molecular formula is C12H17NO6S. The van der Waals surface area contributed by atoms with E-state index in [1.807, 2.05) is 0 Å². The second kappa shape index (κ2) is 6.21. The van der Waals surface area contributed by atoms with Crippen molar-refractivity contribution in [2.24, 2.45) is 5.92 Å². The second-order valence-electron chi connectivity index (χ2n) is 4.55. The number of benzene rings is 1. The molecule has 2 atom stereocenters. The predicted molar refractivity (Wildman–Crippen MR) is 71.1 cm³/mol. The molecule has 0 fully saturated rings. The van der Waals surface area contributed by atoms with E-state index in [0.29, 0.717) is 0 Å². The topological polar surface area (TPSA) is 124 Å². The molecule has 0 saturated carbocycles. The number of aliphatic hydroxyl groups excluding tert-OH is 1. The van der Waals surface area contributed by atoms with Gasteiger partial charge in [0.25, 0.3) is 0 Å². The SMILES string of the molecule is CC(CO)C(C)NS(=O)(=O)c1ccc(O)c(C(=O)O)c1. The maximum atomic E-state index is 12.1. The third kappa shape index (κ3) is 3.69. The number of carbonyl (C=O) groups is 1. The Balaban J connectivity index is 3.10. The van der Waals surface area contributed by atoms with E-state index < -0.39 is 33.3 Å². The number of sulfonamides is 1. The Hall–Kier alpha value is -1.64. The van der Waals surface area contributed by atoms with Crippen LogP contribution >= 0.6 is 0 Å². The number of aromatic hydroxyl groups is 1. The molecule has 1 rings (SSSR count). The molecule has 1 aromatic rings. The van der Waals surface area contributed by atoms with Gasteiger partial charge in [0.1, 0.15) is 11.3 Å². The smallest absolute Gasteiger partial charge is 0.339 e. The molecule has 0 aliphatic heterocycles. The maximum absolute atomic E-state index is 12.1. The first-order valence-corrected chi connectivity index (χ1v) is 7.37. The van der Waals surface area contributed by atoms with Crippen LogP contribution in [0.1, 0.15) is 24.2 Å². The van der Waals surface area contributed by atoms with E-state index in [4.69, 9.17) is 10.2 Å². The third-order valence-corrected chi connectivity index (χ3v) is 4.55. The molecular weight excluding hydrogens is 286 g/mol. The summed E-state index contributed by atoms with van der Waals surface area (Å²) in [4.78, 5) is 10.6. The number of aliphatic hydroxyl groups is 1. The summed E-state index contributed by atoms with van der Waals surface area (Å²) in [5.74, 6) is -2.22. The molecule has 7 nitrogen and oxygen atoms in total. The number of hydrogen-bond acceptors (Lipinski definition) is 5. The maximum Gasteiger partial charge on any atom is 0.339 e. The summed E-state index contributed by atoms with van der Waals surface area (Å²) in [5.41, 5.74) is -0.490. The minimum atomic E-state index is -3.92. The van der Waals surface area contributed by atoms with Gasteiger partial charge in [0.2, 0.25) is 10.0 Å². The molecule has 0 aliphatic carbocycles. The number of phenols is 1. The summed E-state index contributed by atoms with van der Waals surface area (Å²) in [5, 5.41) is 27.2. The molecule has 0 amide bonds. The Labute approximate surface area is 116 Å². The van der Waals surface area contributed by atoms with E-state index in [1.54, 1.807) is 13.8 Å². The van der Waals surface area contributed by atoms with Crippen molar-refractivity contribution in [3.05, 3.63) is 23.8 Å². The Morgan fingerprint density at radius 1 is 1.35 bits per heavy atom. The Morgan fingerprint density at radius 3 is 2.45 bits per heavy atom. The normalized spacial score (nSPS) is 14.8. The minimum Gasteiger partial charge on any atom is -0.507 e. The summed E-state index contributed by atoms with van der Waals surface area (Å²) in [6, 6.07) is 2.49. The average molecular weight is 303 g/mol. The highest BCUT2D eigenvalue weighted by atomic mass is 32.2. The molecule has 0 bridgehead atoms. The lowest BCUT2D eigenvalue weighted by atomic mass is 10.1. The summed E-state index contributed by atoms with van der Waals surface area (Å²) in [6.07, 6.45) is 0. The van der Waals surface area contributed by atoms with Gasteiger partial charge in [-0.15, -0.1) is 0 Å². The van der Waals surface area contributed by atoms with Gasteiger partial charge in [0.15, 0.2) is 0 Å². The molecule has 0 heterocycles. The van der Waals surface area contributed by atoms with Crippen molar-refractivity contribution in [1.29, 1.82) is 0 Å². The van der Waals surface area contributed by atoms with Gasteiger partial charge in [0, 0.05) is 12.6 Å². The van der Waals surface area contributed by atoms with Gasteiger partial charge in [-0.3, -0.25) is 0 Å². The van der Waals surface area contributed by atoms with Crippen LogP contribution < -0.4 is 4.72 Å². The second-order valence-corrected chi connectivity index (χ2v) is 6.27. The van der Waals surface area contributed by atoms with Crippen LogP contribution in [0.5, 0.6) is 5.75 Å². The lowest BCUT2D eigenvalue weighted by Gasteiger charge is -2.19. The molecule has 0 saturated heterocycles. The van der Waals surface area contributed by atoms with Crippen LogP contribution in [0.2, 0.25) is 0 Å². The van der Waals surface area contributed by atoms with Crippen molar-refractivity contribution >= 4 is 16.0 Å². The van der Waals surface area contributed by atoms with E-state index in [0.717, 1.165) is 18.2 Å². The summed E-state index contributed by atoms with van der Waals surface area (Å²) in [7, 11) is -3.92. The molecule has 0 aliphatic rings. The van der Waals surface area contributed by atoms with E-state index in [-0.39, 0.29) is 17.4 Å². The van der Waals surface area contributed by atoms with Gasteiger partial charge >= 0.3 is 5.97 Å².